The third-order valence-corrected chi connectivity index (χ3v) is 9.60. The lowest BCUT2D eigenvalue weighted by Crippen LogP contribution is -2.22. The van der Waals surface area contributed by atoms with E-state index >= 15 is 0 Å². The fourth-order valence-electron chi connectivity index (χ4n) is 4.82. The van der Waals surface area contributed by atoms with Gasteiger partial charge in [0.2, 0.25) is 0 Å². The van der Waals surface area contributed by atoms with Crippen molar-refractivity contribution in [3.05, 3.63) is 83.4 Å². The highest BCUT2D eigenvalue weighted by Crippen LogP contribution is 2.61. The second-order valence-electron chi connectivity index (χ2n) is 12.8. The molecule has 0 fully saturated rings. The minimum atomic E-state index is -0.708. The summed E-state index contributed by atoms with van der Waals surface area (Å²) >= 11 is 0. The van der Waals surface area contributed by atoms with Crippen molar-refractivity contribution in [1.82, 2.24) is 0 Å². The van der Waals surface area contributed by atoms with Crippen molar-refractivity contribution in [3.8, 4) is 21.9 Å². The normalized spacial score (nSPS) is 13.4. The maximum atomic E-state index is 5.46. The van der Waals surface area contributed by atoms with Crippen molar-refractivity contribution in [2.24, 2.45) is 0 Å². The molecule has 0 N–H and O–H groups in total. The summed E-state index contributed by atoms with van der Waals surface area (Å²) in [5, 5.41) is 5.79. The molecule has 0 spiro atoms. The lowest BCUT2D eigenvalue weighted by atomic mass is 9.75. The molecule has 0 saturated heterocycles. The van der Waals surface area contributed by atoms with Crippen LogP contribution in [0, 0.1) is 0 Å². The van der Waals surface area contributed by atoms with E-state index in [1.165, 1.54) is 38.1 Å². The standard InChI is InChI=1S/C33H41OP/c1-31(2,3)24-20-26(32(4,5)6)30(27(21-24)33(7,8)9)35-28-14-12-11-13-23(28)19-29(35)22-15-17-25(34-10)18-16-22/h11-21H,1-10H3. The van der Waals surface area contributed by atoms with Gasteiger partial charge in [-0.1, -0.05) is 118 Å². The van der Waals surface area contributed by atoms with E-state index in [0.29, 0.717) is 0 Å². The van der Waals surface area contributed by atoms with Crippen LogP contribution in [0.15, 0.2) is 66.7 Å². The molecule has 1 aromatic heterocycles. The molecule has 0 saturated carbocycles. The quantitative estimate of drug-likeness (QED) is 0.281. The van der Waals surface area contributed by atoms with Gasteiger partial charge in [0.25, 0.3) is 0 Å². The van der Waals surface area contributed by atoms with Gasteiger partial charge in [-0.25, -0.2) is 0 Å². The van der Waals surface area contributed by atoms with Crippen LogP contribution in [0.4, 0.5) is 0 Å². The maximum absolute atomic E-state index is 5.46. The van der Waals surface area contributed by atoms with Gasteiger partial charge in [-0.3, -0.25) is 0 Å². The van der Waals surface area contributed by atoms with E-state index in [1.807, 2.05) is 0 Å². The van der Waals surface area contributed by atoms with Gasteiger partial charge in [-0.2, -0.15) is 0 Å². The first-order valence-electron chi connectivity index (χ1n) is 12.7. The van der Waals surface area contributed by atoms with Gasteiger partial charge in [0.05, 0.1) is 7.11 Å². The number of fused-ring (bicyclic) bond motifs is 1. The second-order valence-corrected chi connectivity index (χ2v) is 14.9. The van der Waals surface area contributed by atoms with Crippen molar-refractivity contribution >= 4 is 18.0 Å². The van der Waals surface area contributed by atoms with Crippen molar-refractivity contribution in [2.75, 3.05) is 7.11 Å². The molecule has 1 unspecified atom stereocenters. The van der Waals surface area contributed by atoms with Gasteiger partial charge in [-0.05, 0) is 62.1 Å². The Kier molecular flexibility index (Phi) is 6.48. The summed E-state index contributed by atoms with van der Waals surface area (Å²) in [6, 6.07) is 25.1. The van der Waals surface area contributed by atoms with E-state index in [1.54, 1.807) is 12.4 Å². The molecule has 0 bridgehead atoms. The number of hydrogen-bond acceptors (Lipinski definition) is 1. The van der Waals surface area contributed by atoms with Gasteiger partial charge >= 0.3 is 0 Å². The molecular formula is C33H41OP. The highest BCUT2D eigenvalue weighted by atomic mass is 31.1. The van der Waals surface area contributed by atoms with Crippen LogP contribution in [0.1, 0.15) is 79.0 Å². The Morgan fingerprint density at radius 3 is 1.66 bits per heavy atom. The molecule has 2 heteroatoms. The van der Waals surface area contributed by atoms with Gasteiger partial charge in [0.15, 0.2) is 0 Å². The Morgan fingerprint density at radius 2 is 1.17 bits per heavy atom. The molecule has 0 radical (unpaired) electrons. The molecule has 1 atom stereocenters. The monoisotopic (exact) mass is 484 g/mol. The van der Waals surface area contributed by atoms with Gasteiger partial charge < -0.3 is 4.74 Å². The summed E-state index contributed by atoms with van der Waals surface area (Å²) in [5.74, 6) is 0.898. The predicted molar refractivity (Wildman–Crippen MR) is 156 cm³/mol. The first-order valence-corrected chi connectivity index (χ1v) is 14.0. The third-order valence-electron chi connectivity index (χ3n) is 6.91. The summed E-state index contributed by atoms with van der Waals surface area (Å²) in [4.78, 5) is 0. The number of benzene rings is 3. The Bertz CT molecular complexity index is 1310. The minimum Gasteiger partial charge on any atom is -0.497 e. The van der Waals surface area contributed by atoms with E-state index in [2.05, 4.69) is 129 Å². The molecule has 4 rings (SSSR count). The average molecular weight is 485 g/mol. The first kappa shape index (κ1) is 25.6. The molecule has 1 nitrogen and oxygen atoms in total. The topological polar surface area (TPSA) is 9.23 Å². The fraction of sp³-hybridized carbons (Fsp3) is 0.394. The van der Waals surface area contributed by atoms with E-state index in [0.717, 1.165) is 5.75 Å². The van der Waals surface area contributed by atoms with Crippen molar-refractivity contribution < 1.29 is 4.74 Å². The highest BCUT2D eigenvalue weighted by Gasteiger charge is 2.31. The molecule has 4 aromatic rings. The SMILES string of the molecule is COc1ccc(-c2cc3ccccc3p2-c2c(C(C)(C)C)cc(C(C)(C)C)cc2C(C)(C)C)cc1. The van der Waals surface area contributed by atoms with E-state index in [4.69, 9.17) is 4.74 Å². The van der Waals surface area contributed by atoms with E-state index in [9.17, 15) is 0 Å². The first-order chi connectivity index (χ1) is 16.2. The van der Waals surface area contributed by atoms with Crippen molar-refractivity contribution in [1.29, 1.82) is 0 Å². The number of ether oxygens (including phenoxy) is 1. The number of hydrogen-bond donors (Lipinski definition) is 0. The zero-order valence-corrected chi connectivity index (χ0v) is 24.1. The number of methoxy groups -OCH3 is 1. The Balaban J connectivity index is 2.19. The zero-order chi connectivity index (χ0) is 25.8. The molecule has 35 heavy (non-hydrogen) atoms. The van der Waals surface area contributed by atoms with Gasteiger partial charge in [-0.15, -0.1) is 0 Å². The van der Waals surface area contributed by atoms with Gasteiger partial charge in [0.1, 0.15) is 5.75 Å². The zero-order valence-electron chi connectivity index (χ0n) is 23.2. The fourth-order valence-corrected chi connectivity index (χ4v) is 8.15. The Morgan fingerprint density at radius 1 is 0.629 bits per heavy atom. The third kappa shape index (κ3) is 4.94. The molecule has 1 heterocycles. The minimum absolute atomic E-state index is 0.0292. The van der Waals surface area contributed by atoms with Gasteiger partial charge in [0, 0.05) is 15.7 Å². The van der Waals surface area contributed by atoms with Crippen molar-refractivity contribution in [2.45, 2.75) is 78.6 Å². The number of rotatable bonds is 3. The summed E-state index contributed by atoms with van der Waals surface area (Å²) in [5.41, 5.74) is 5.83. The van der Waals surface area contributed by atoms with Crippen LogP contribution in [0.5, 0.6) is 5.75 Å². The molecule has 0 amide bonds. The van der Waals surface area contributed by atoms with Crippen LogP contribution in [-0.4, -0.2) is 7.11 Å². The van der Waals surface area contributed by atoms with Crippen LogP contribution in [0.2, 0.25) is 0 Å². The smallest absolute Gasteiger partial charge is 0.118 e. The molecule has 184 valence electrons. The lowest BCUT2D eigenvalue weighted by Gasteiger charge is -2.34. The van der Waals surface area contributed by atoms with Crippen molar-refractivity contribution in [3.63, 3.8) is 0 Å². The molecule has 3 aromatic carbocycles. The highest BCUT2D eigenvalue weighted by molar-refractivity contribution is 7.65. The molecule has 0 aliphatic carbocycles. The largest absolute Gasteiger partial charge is 0.497 e. The average Bonchev–Trinajstić information content (AvgIpc) is 3.15. The van der Waals surface area contributed by atoms with Crippen LogP contribution < -0.4 is 4.74 Å². The van der Waals surface area contributed by atoms with E-state index in [-0.39, 0.29) is 16.2 Å². The van der Waals surface area contributed by atoms with Crippen LogP contribution in [0.25, 0.3) is 26.7 Å². The Labute approximate surface area is 213 Å². The lowest BCUT2D eigenvalue weighted by molar-refractivity contribution is 0.415. The molecule has 0 aliphatic heterocycles. The second kappa shape index (κ2) is 8.86. The predicted octanol–water partition coefficient (Wildman–Crippen LogP) is 10.4. The van der Waals surface area contributed by atoms with Crippen LogP contribution >= 0.6 is 7.53 Å². The van der Waals surface area contributed by atoms with E-state index < -0.39 is 7.53 Å². The van der Waals surface area contributed by atoms with Crippen LogP contribution in [0.3, 0.4) is 0 Å². The summed E-state index contributed by atoms with van der Waals surface area (Å²) in [7, 11) is 1.02. The molecular weight excluding hydrogens is 443 g/mol. The van der Waals surface area contributed by atoms with Crippen LogP contribution in [-0.2, 0) is 16.2 Å². The Hall–Kier alpha value is -2.50. The maximum Gasteiger partial charge on any atom is 0.118 e. The summed E-state index contributed by atoms with van der Waals surface area (Å²) in [6.07, 6.45) is 0. The summed E-state index contributed by atoms with van der Waals surface area (Å²) < 4.78 is 5.46. The summed E-state index contributed by atoms with van der Waals surface area (Å²) in [6.45, 7) is 21.2. The molecule has 0 aliphatic rings.